The van der Waals surface area contributed by atoms with Gasteiger partial charge < -0.3 is 9.30 Å². The van der Waals surface area contributed by atoms with E-state index in [9.17, 15) is 9.59 Å². The van der Waals surface area contributed by atoms with E-state index in [0.29, 0.717) is 23.4 Å². The fourth-order valence-electron chi connectivity index (χ4n) is 4.20. The quantitative estimate of drug-likeness (QED) is 0.393. The van der Waals surface area contributed by atoms with E-state index in [0.717, 1.165) is 22.4 Å². The molecular formula is C27H24N4O3. The highest BCUT2D eigenvalue weighted by atomic mass is 16.5. The molecule has 0 atom stereocenters. The maximum absolute atomic E-state index is 13.7. The number of rotatable bonds is 6. The van der Waals surface area contributed by atoms with Gasteiger partial charge >= 0.3 is 5.69 Å². The van der Waals surface area contributed by atoms with Crippen molar-refractivity contribution in [2.24, 2.45) is 0 Å². The van der Waals surface area contributed by atoms with Crippen molar-refractivity contribution in [3.8, 4) is 11.4 Å². The third-order valence-electron chi connectivity index (χ3n) is 5.93. The maximum Gasteiger partial charge on any atom is 0.337 e. The Morgan fingerprint density at radius 3 is 2.35 bits per heavy atom. The normalized spacial score (nSPS) is 11.1. The zero-order chi connectivity index (χ0) is 23.7. The van der Waals surface area contributed by atoms with Gasteiger partial charge in [0.25, 0.3) is 5.56 Å². The summed E-state index contributed by atoms with van der Waals surface area (Å²) in [7, 11) is 1.62. The van der Waals surface area contributed by atoms with Crippen LogP contribution in [0.15, 0.2) is 94.8 Å². The minimum Gasteiger partial charge on any atom is -0.497 e. The van der Waals surface area contributed by atoms with Crippen LogP contribution in [0.25, 0.3) is 16.9 Å². The third-order valence-corrected chi connectivity index (χ3v) is 5.93. The zero-order valence-electron chi connectivity index (χ0n) is 19.0. The maximum atomic E-state index is 13.7. The van der Waals surface area contributed by atoms with Crippen LogP contribution in [0, 0.1) is 6.92 Å². The molecule has 0 fully saturated rings. The molecule has 0 saturated heterocycles. The van der Waals surface area contributed by atoms with E-state index < -0.39 is 5.69 Å². The van der Waals surface area contributed by atoms with Gasteiger partial charge in [-0.25, -0.2) is 14.3 Å². The number of methoxy groups -OCH3 is 1. The average molecular weight is 453 g/mol. The molecule has 5 rings (SSSR count). The summed E-state index contributed by atoms with van der Waals surface area (Å²) in [6.07, 6.45) is 1.62. The molecule has 0 spiro atoms. The fourth-order valence-corrected chi connectivity index (χ4v) is 4.20. The number of aryl methyl sites for hydroxylation is 1. The summed E-state index contributed by atoms with van der Waals surface area (Å²) >= 11 is 0. The Bertz CT molecular complexity index is 1600. The first-order chi connectivity index (χ1) is 16.6. The van der Waals surface area contributed by atoms with Crippen LogP contribution in [-0.2, 0) is 13.1 Å². The topological polar surface area (TPSA) is 71.1 Å². The zero-order valence-corrected chi connectivity index (χ0v) is 19.0. The van der Waals surface area contributed by atoms with Gasteiger partial charge in [0.2, 0.25) is 0 Å². The molecule has 0 bridgehead atoms. The van der Waals surface area contributed by atoms with Crippen LogP contribution in [0.2, 0.25) is 0 Å². The molecule has 0 aliphatic rings. The van der Waals surface area contributed by atoms with Gasteiger partial charge in [-0.15, -0.1) is 0 Å². The van der Waals surface area contributed by atoms with E-state index in [1.165, 1.54) is 9.13 Å². The molecule has 34 heavy (non-hydrogen) atoms. The van der Waals surface area contributed by atoms with E-state index in [-0.39, 0.29) is 12.1 Å². The Kier molecular flexibility index (Phi) is 5.59. The van der Waals surface area contributed by atoms with Crippen LogP contribution in [-0.4, -0.2) is 25.8 Å². The molecule has 7 heteroatoms. The first-order valence-corrected chi connectivity index (χ1v) is 11.0. The lowest BCUT2D eigenvalue weighted by molar-refractivity contribution is 0.414. The van der Waals surface area contributed by atoms with Crippen LogP contribution in [0.5, 0.6) is 5.75 Å². The molecule has 2 heterocycles. The highest BCUT2D eigenvalue weighted by molar-refractivity contribution is 5.73. The lowest BCUT2D eigenvalue weighted by atomic mass is 10.2. The van der Waals surface area contributed by atoms with Crippen molar-refractivity contribution in [1.29, 1.82) is 0 Å². The molecule has 5 aromatic rings. The number of hydrogen-bond acceptors (Lipinski definition) is 4. The van der Waals surface area contributed by atoms with Crippen molar-refractivity contribution in [3.63, 3.8) is 0 Å². The van der Waals surface area contributed by atoms with E-state index >= 15 is 0 Å². The average Bonchev–Trinajstić information content (AvgIpc) is 3.27. The number of aromatic nitrogens is 4. The second-order valence-corrected chi connectivity index (χ2v) is 8.18. The monoisotopic (exact) mass is 452 g/mol. The molecule has 7 nitrogen and oxygen atoms in total. The number of fused-ring (bicyclic) bond motifs is 1. The number of ether oxygens (including phenoxy) is 1. The van der Waals surface area contributed by atoms with Crippen LogP contribution in [0.4, 0.5) is 0 Å². The second-order valence-electron chi connectivity index (χ2n) is 8.18. The number of nitrogens with zero attached hydrogens (tertiary/aromatic N) is 4. The second kappa shape index (κ2) is 8.86. The summed E-state index contributed by atoms with van der Waals surface area (Å²) in [5, 5.41) is 0. The van der Waals surface area contributed by atoms with Gasteiger partial charge in [0.1, 0.15) is 5.75 Å². The molecule has 0 saturated carbocycles. The summed E-state index contributed by atoms with van der Waals surface area (Å²) in [5.74, 6) is 0.736. The summed E-state index contributed by atoms with van der Waals surface area (Å²) in [5.41, 5.74) is 3.39. The summed E-state index contributed by atoms with van der Waals surface area (Å²) in [6, 6.07) is 24.8. The lowest BCUT2D eigenvalue weighted by Gasteiger charge is -2.14. The number of hydrogen-bond donors (Lipinski definition) is 0. The minimum atomic E-state index is -0.415. The first kappa shape index (κ1) is 21.5. The highest BCUT2D eigenvalue weighted by Crippen LogP contribution is 2.19. The van der Waals surface area contributed by atoms with E-state index in [1.807, 2.05) is 85.8 Å². The molecule has 0 radical (unpaired) electrons. The Morgan fingerprint density at radius 1 is 0.853 bits per heavy atom. The molecule has 0 N–H and O–H groups in total. The van der Waals surface area contributed by atoms with Crippen molar-refractivity contribution in [2.45, 2.75) is 20.0 Å². The van der Waals surface area contributed by atoms with Crippen LogP contribution in [0.3, 0.4) is 0 Å². The van der Waals surface area contributed by atoms with Crippen LogP contribution < -0.4 is 16.0 Å². The Hall–Kier alpha value is -4.39. The van der Waals surface area contributed by atoms with E-state index in [4.69, 9.17) is 4.74 Å². The lowest BCUT2D eigenvalue weighted by Crippen LogP contribution is -2.40. The number of imidazole rings is 1. The van der Waals surface area contributed by atoms with Crippen molar-refractivity contribution in [3.05, 3.63) is 123 Å². The predicted octanol–water partition coefficient (Wildman–Crippen LogP) is 3.76. The Labute approximate surface area is 196 Å². The summed E-state index contributed by atoms with van der Waals surface area (Å²) in [6.45, 7) is 2.53. The molecule has 0 amide bonds. The third kappa shape index (κ3) is 3.81. The SMILES string of the molecule is COc1cccc(Cn2cnc3c2c(=O)n(Cc2ccccc2)c(=O)n3-c2ccccc2C)c1. The first-order valence-electron chi connectivity index (χ1n) is 11.0. The fraction of sp³-hybridized carbons (Fsp3) is 0.148. The minimum absolute atomic E-state index is 0.171. The van der Waals surface area contributed by atoms with Gasteiger partial charge in [0.15, 0.2) is 11.2 Å². The smallest absolute Gasteiger partial charge is 0.337 e. The summed E-state index contributed by atoms with van der Waals surface area (Å²) in [4.78, 5) is 31.9. The molecule has 0 aliphatic carbocycles. The van der Waals surface area contributed by atoms with Gasteiger partial charge in [-0.3, -0.25) is 9.36 Å². The molecule has 2 aromatic heterocycles. The van der Waals surface area contributed by atoms with E-state index in [2.05, 4.69) is 4.98 Å². The van der Waals surface area contributed by atoms with Gasteiger partial charge in [0, 0.05) is 6.54 Å². The molecule has 3 aromatic carbocycles. The van der Waals surface area contributed by atoms with Gasteiger partial charge in [-0.1, -0.05) is 60.7 Å². The Balaban J connectivity index is 1.76. The highest BCUT2D eigenvalue weighted by Gasteiger charge is 2.20. The van der Waals surface area contributed by atoms with Gasteiger partial charge in [-0.05, 0) is 41.8 Å². The molecular weight excluding hydrogens is 428 g/mol. The van der Waals surface area contributed by atoms with Crippen molar-refractivity contribution in [2.75, 3.05) is 7.11 Å². The van der Waals surface area contributed by atoms with Gasteiger partial charge in [0.05, 0.1) is 25.7 Å². The largest absolute Gasteiger partial charge is 0.497 e. The van der Waals surface area contributed by atoms with Crippen LogP contribution >= 0.6 is 0 Å². The van der Waals surface area contributed by atoms with Crippen LogP contribution in [0.1, 0.15) is 16.7 Å². The summed E-state index contributed by atoms with van der Waals surface area (Å²) < 4.78 is 9.96. The molecule has 0 unspecified atom stereocenters. The number of para-hydroxylation sites is 1. The van der Waals surface area contributed by atoms with Crippen molar-refractivity contribution >= 4 is 11.2 Å². The van der Waals surface area contributed by atoms with Crippen molar-refractivity contribution < 1.29 is 4.74 Å². The molecule has 170 valence electrons. The van der Waals surface area contributed by atoms with E-state index in [1.54, 1.807) is 18.0 Å². The Morgan fingerprint density at radius 2 is 1.59 bits per heavy atom. The van der Waals surface area contributed by atoms with Crippen molar-refractivity contribution in [1.82, 2.24) is 18.7 Å². The predicted molar refractivity (Wildman–Crippen MR) is 132 cm³/mol. The standard InChI is InChI=1S/C27H24N4O3/c1-19-9-6-7-14-23(19)31-25-24(26(32)30(27(31)33)17-20-10-4-3-5-11-20)29(18-28-25)16-21-12-8-13-22(15-21)34-2/h3-15,18H,16-17H2,1-2H3. The number of benzene rings is 3. The molecule has 0 aliphatic heterocycles. The van der Waals surface area contributed by atoms with Gasteiger partial charge in [-0.2, -0.15) is 0 Å².